The summed E-state index contributed by atoms with van der Waals surface area (Å²) in [5, 5.41) is 13.3. The quantitative estimate of drug-likeness (QED) is 0.369. The molecule has 0 bridgehead atoms. The molecule has 0 aliphatic heterocycles. The minimum absolute atomic E-state index is 0.0375. The fourth-order valence-electron chi connectivity index (χ4n) is 2.27. The Labute approximate surface area is 170 Å². The Balaban J connectivity index is 1.74. The van der Waals surface area contributed by atoms with E-state index in [4.69, 9.17) is 32.2 Å². The molecule has 0 fully saturated rings. The predicted molar refractivity (Wildman–Crippen MR) is 109 cm³/mol. The van der Waals surface area contributed by atoms with Crippen molar-refractivity contribution in [1.82, 2.24) is 15.0 Å². The van der Waals surface area contributed by atoms with Gasteiger partial charge in [0.25, 0.3) is 0 Å². The highest BCUT2D eigenvalue weighted by atomic mass is 35.5. The third kappa shape index (κ3) is 4.87. The number of rotatable bonds is 5. The largest absolute Gasteiger partial charge is 0.481 e. The van der Waals surface area contributed by atoms with E-state index in [1.807, 2.05) is 0 Å². The SMILES string of the molecule is COC(=N)c1c(N)ncnc1Oc1ccc(NC(=O)Nc2cccnc2)c(Cl)c1. The molecular weight excluding hydrogens is 398 g/mol. The zero-order valence-corrected chi connectivity index (χ0v) is 15.9. The molecule has 0 spiro atoms. The number of nitrogens with zero attached hydrogens (tertiary/aromatic N) is 3. The van der Waals surface area contributed by atoms with Crippen molar-refractivity contribution in [3.05, 3.63) is 59.6 Å². The molecule has 0 aliphatic rings. The van der Waals surface area contributed by atoms with Gasteiger partial charge >= 0.3 is 6.03 Å². The molecule has 0 radical (unpaired) electrons. The Morgan fingerprint density at radius 1 is 1.24 bits per heavy atom. The van der Waals surface area contributed by atoms with Gasteiger partial charge in [0.2, 0.25) is 11.8 Å². The smallest absolute Gasteiger partial charge is 0.323 e. The molecule has 11 heteroatoms. The van der Waals surface area contributed by atoms with E-state index in [0.29, 0.717) is 17.1 Å². The van der Waals surface area contributed by atoms with Gasteiger partial charge in [-0.15, -0.1) is 0 Å². The molecule has 3 aromatic rings. The molecule has 2 heterocycles. The number of hydrogen-bond acceptors (Lipinski definition) is 8. The van der Waals surface area contributed by atoms with Gasteiger partial charge in [0.1, 0.15) is 23.5 Å². The van der Waals surface area contributed by atoms with Crippen molar-refractivity contribution in [2.24, 2.45) is 0 Å². The van der Waals surface area contributed by atoms with E-state index in [1.165, 1.54) is 25.7 Å². The zero-order chi connectivity index (χ0) is 20.8. The second-order valence-electron chi connectivity index (χ2n) is 5.54. The minimum atomic E-state index is -0.479. The van der Waals surface area contributed by atoms with Crippen LogP contribution < -0.4 is 21.1 Å². The summed E-state index contributed by atoms with van der Waals surface area (Å²) in [6.07, 6.45) is 4.32. The maximum Gasteiger partial charge on any atom is 0.323 e. The maximum absolute atomic E-state index is 12.1. The molecule has 0 aliphatic carbocycles. The van der Waals surface area contributed by atoms with Gasteiger partial charge in [0.15, 0.2) is 0 Å². The Kier molecular flexibility index (Phi) is 6.05. The van der Waals surface area contributed by atoms with Crippen molar-refractivity contribution in [3.8, 4) is 11.6 Å². The fourth-order valence-corrected chi connectivity index (χ4v) is 2.49. The number of methoxy groups -OCH3 is 1. The van der Waals surface area contributed by atoms with Crippen LogP contribution in [0.25, 0.3) is 0 Å². The van der Waals surface area contributed by atoms with Crippen molar-refractivity contribution in [2.75, 3.05) is 23.5 Å². The first-order valence-electron chi connectivity index (χ1n) is 8.16. The van der Waals surface area contributed by atoms with Gasteiger partial charge in [-0.25, -0.2) is 14.8 Å². The summed E-state index contributed by atoms with van der Waals surface area (Å²) in [7, 11) is 1.33. The number of benzene rings is 1. The highest BCUT2D eigenvalue weighted by Gasteiger charge is 2.18. The average Bonchev–Trinajstić information content (AvgIpc) is 2.70. The molecule has 0 saturated heterocycles. The van der Waals surface area contributed by atoms with Crippen LogP contribution in [-0.4, -0.2) is 34.0 Å². The van der Waals surface area contributed by atoms with Gasteiger partial charge in [0.05, 0.1) is 29.7 Å². The molecule has 5 N–H and O–H groups in total. The number of pyridine rings is 1. The zero-order valence-electron chi connectivity index (χ0n) is 15.1. The van der Waals surface area contributed by atoms with Crippen molar-refractivity contribution in [2.45, 2.75) is 0 Å². The lowest BCUT2D eigenvalue weighted by molar-refractivity contribution is 0.262. The second kappa shape index (κ2) is 8.85. The van der Waals surface area contributed by atoms with Crippen molar-refractivity contribution in [1.29, 1.82) is 5.41 Å². The molecule has 0 saturated carbocycles. The van der Waals surface area contributed by atoms with Gasteiger partial charge in [-0.3, -0.25) is 10.4 Å². The van der Waals surface area contributed by atoms with E-state index in [9.17, 15) is 4.79 Å². The number of aromatic nitrogens is 3. The summed E-state index contributed by atoms with van der Waals surface area (Å²) in [6.45, 7) is 0. The van der Waals surface area contributed by atoms with Crippen molar-refractivity contribution in [3.63, 3.8) is 0 Å². The van der Waals surface area contributed by atoms with Crippen LogP contribution in [0.4, 0.5) is 22.0 Å². The van der Waals surface area contributed by atoms with Gasteiger partial charge < -0.3 is 25.8 Å². The van der Waals surface area contributed by atoms with E-state index in [1.54, 1.807) is 30.5 Å². The number of halogens is 1. The Hall–Kier alpha value is -3.92. The minimum Gasteiger partial charge on any atom is -0.481 e. The van der Waals surface area contributed by atoms with Crippen LogP contribution in [0, 0.1) is 5.41 Å². The highest BCUT2D eigenvalue weighted by molar-refractivity contribution is 6.34. The highest BCUT2D eigenvalue weighted by Crippen LogP contribution is 2.31. The van der Waals surface area contributed by atoms with Crippen LogP contribution in [0.2, 0.25) is 5.02 Å². The number of anilines is 3. The maximum atomic E-state index is 12.1. The van der Waals surface area contributed by atoms with Crippen LogP contribution in [0.3, 0.4) is 0 Å². The normalized spacial score (nSPS) is 10.1. The lowest BCUT2D eigenvalue weighted by atomic mass is 10.2. The number of nitrogens with two attached hydrogens (primary N) is 1. The molecule has 2 amide bonds. The molecule has 29 heavy (non-hydrogen) atoms. The van der Waals surface area contributed by atoms with E-state index >= 15 is 0 Å². The number of amides is 2. The summed E-state index contributed by atoms with van der Waals surface area (Å²) in [4.78, 5) is 23.8. The summed E-state index contributed by atoms with van der Waals surface area (Å²) in [5.74, 6) is 0.153. The first-order valence-corrected chi connectivity index (χ1v) is 8.54. The average molecular weight is 414 g/mol. The molecule has 0 atom stereocenters. The molecular formula is C18H16ClN7O3. The van der Waals surface area contributed by atoms with E-state index in [0.717, 1.165) is 0 Å². The van der Waals surface area contributed by atoms with Crippen LogP contribution in [0.15, 0.2) is 49.1 Å². The molecule has 2 aromatic heterocycles. The second-order valence-corrected chi connectivity index (χ2v) is 5.94. The Morgan fingerprint density at radius 3 is 2.76 bits per heavy atom. The molecule has 1 aromatic carbocycles. The number of carbonyl (C=O) groups is 1. The first kappa shape index (κ1) is 19.8. The number of nitrogens with one attached hydrogen (secondary N) is 3. The van der Waals surface area contributed by atoms with Crippen LogP contribution in [0.1, 0.15) is 5.56 Å². The van der Waals surface area contributed by atoms with Gasteiger partial charge in [-0.1, -0.05) is 11.6 Å². The third-order valence-electron chi connectivity index (χ3n) is 3.60. The molecule has 10 nitrogen and oxygen atoms in total. The van der Waals surface area contributed by atoms with Gasteiger partial charge in [-0.05, 0) is 24.3 Å². The molecule has 148 valence electrons. The molecule has 0 unspecified atom stereocenters. The summed E-state index contributed by atoms with van der Waals surface area (Å²) >= 11 is 6.24. The third-order valence-corrected chi connectivity index (χ3v) is 3.91. The topological polar surface area (TPSA) is 148 Å². The summed E-state index contributed by atoms with van der Waals surface area (Å²) in [5.41, 5.74) is 6.81. The number of nitrogen functional groups attached to an aromatic ring is 1. The van der Waals surface area contributed by atoms with E-state index in [-0.39, 0.29) is 28.2 Å². The summed E-state index contributed by atoms with van der Waals surface area (Å²) < 4.78 is 10.6. The van der Waals surface area contributed by atoms with Crippen LogP contribution in [0.5, 0.6) is 11.6 Å². The van der Waals surface area contributed by atoms with Crippen molar-refractivity contribution < 1.29 is 14.3 Å². The Morgan fingerprint density at radius 2 is 2.07 bits per heavy atom. The van der Waals surface area contributed by atoms with Crippen molar-refractivity contribution >= 4 is 40.7 Å². The van der Waals surface area contributed by atoms with Gasteiger partial charge in [-0.2, -0.15) is 0 Å². The monoisotopic (exact) mass is 413 g/mol. The lowest BCUT2D eigenvalue weighted by Gasteiger charge is -2.13. The fraction of sp³-hybridized carbons (Fsp3) is 0.0556. The number of ether oxygens (including phenoxy) is 2. The predicted octanol–water partition coefficient (Wildman–Crippen LogP) is 3.52. The van der Waals surface area contributed by atoms with Crippen LogP contribution >= 0.6 is 11.6 Å². The lowest BCUT2D eigenvalue weighted by Crippen LogP contribution is -2.19. The number of carbonyl (C=O) groups excluding carboxylic acids is 1. The summed E-state index contributed by atoms with van der Waals surface area (Å²) in [6, 6.07) is 7.55. The van der Waals surface area contributed by atoms with Crippen LogP contribution in [-0.2, 0) is 4.74 Å². The van der Waals surface area contributed by atoms with E-state index < -0.39 is 6.03 Å². The standard InChI is InChI=1S/C18H16ClN7O3/c1-28-16(21)14-15(20)23-9-24-17(14)29-11-4-5-13(12(19)7-11)26-18(27)25-10-3-2-6-22-8-10/h2-9,21H,1H3,(H2,20,23,24)(H2,25,26,27). The Bertz CT molecular complexity index is 1050. The number of hydrogen-bond donors (Lipinski definition) is 4. The molecule has 3 rings (SSSR count). The first-order chi connectivity index (χ1) is 14.0. The number of urea groups is 1. The van der Waals surface area contributed by atoms with Gasteiger partial charge in [0, 0.05) is 12.3 Å². The van der Waals surface area contributed by atoms with E-state index in [2.05, 4.69) is 25.6 Å².